The molecule has 134 valence electrons. The maximum atomic E-state index is 12.0. The molecule has 3 rings (SSSR count). The Balaban J connectivity index is 1.61. The van der Waals surface area contributed by atoms with Crippen LogP contribution >= 0.6 is 0 Å². The van der Waals surface area contributed by atoms with E-state index in [1.165, 1.54) is 4.90 Å². The van der Waals surface area contributed by atoms with E-state index in [1.807, 2.05) is 24.3 Å². The highest BCUT2D eigenvalue weighted by atomic mass is 16.4. The summed E-state index contributed by atoms with van der Waals surface area (Å²) in [5.41, 5.74) is 2.00. The molecule has 1 aromatic rings. The normalized spacial score (nSPS) is 21.8. The fourth-order valence-corrected chi connectivity index (χ4v) is 3.60. The molecule has 1 atom stereocenters. The van der Waals surface area contributed by atoms with E-state index in [0.29, 0.717) is 12.8 Å². The van der Waals surface area contributed by atoms with Crippen LogP contribution in [0.4, 0.5) is 10.5 Å². The van der Waals surface area contributed by atoms with Crippen molar-refractivity contribution >= 4 is 23.6 Å². The minimum atomic E-state index is -0.882. The second kappa shape index (κ2) is 7.13. The van der Waals surface area contributed by atoms with Crippen LogP contribution in [0.15, 0.2) is 24.3 Å². The lowest BCUT2D eigenvalue weighted by molar-refractivity contribution is -0.134. The first kappa shape index (κ1) is 17.3. The van der Waals surface area contributed by atoms with Crippen LogP contribution in [0.3, 0.4) is 0 Å². The highest BCUT2D eigenvalue weighted by Gasteiger charge is 2.28. The van der Waals surface area contributed by atoms with Gasteiger partial charge in [-0.05, 0) is 37.0 Å². The zero-order valence-electron chi connectivity index (χ0n) is 14.3. The van der Waals surface area contributed by atoms with Crippen molar-refractivity contribution in [2.45, 2.75) is 37.6 Å². The van der Waals surface area contributed by atoms with Gasteiger partial charge < -0.3 is 14.9 Å². The van der Waals surface area contributed by atoms with Crippen molar-refractivity contribution in [3.05, 3.63) is 29.8 Å². The number of rotatable bonds is 3. The predicted octanol–water partition coefficient (Wildman–Crippen LogP) is 1.79. The number of carbonyl (C=O) groups is 3. The fourth-order valence-electron chi connectivity index (χ4n) is 3.60. The maximum Gasteiger partial charge on any atom is 0.407 e. The summed E-state index contributed by atoms with van der Waals surface area (Å²) in [5.74, 6) is -0.685. The van der Waals surface area contributed by atoms with Gasteiger partial charge in [0.1, 0.15) is 0 Å². The average molecular weight is 345 g/mol. The SMILES string of the molecule is CN(C(=O)O)C1CCN(c2ccc(C3CCC(=O)NC3=O)cc2)CC1. The quantitative estimate of drug-likeness (QED) is 0.815. The number of carbonyl (C=O) groups excluding carboxylic acids is 2. The Bertz CT molecular complexity index is 665. The summed E-state index contributed by atoms with van der Waals surface area (Å²) < 4.78 is 0. The van der Waals surface area contributed by atoms with Gasteiger partial charge in [-0.2, -0.15) is 0 Å². The van der Waals surface area contributed by atoms with Crippen LogP contribution in [-0.4, -0.2) is 54.1 Å². The number of nitrogens with one attached hydrogen (secondary N) is 1. The third-order valence-corrected chi connectivity index (χ3v) is 5.21. The molecular formula is C18H23N3O4. The summed E-state index contributed by atoms with van der Waals surface area (Å²) in [6.07, 6.45) is 1.65. The van der Waals surface area contributed by atoms with E-state index in [0.717, 1.165) is 37.2 Å². The number of anilines is 1. The predicted molar refractivity (Wildman–Crippen MR) is 92.6 cm³/mol. The van der Waals surface area contributed by atoms with Crippen LogP contribution in [0.1, 0.15) is 37.2 Å². The van der Waals surface area contributed by atoms with Crippen molar-refractivity contribution in [3.63, 3.8) is 0 Å². The van der Waals surface area contributed by atoms with Gasteiger partial charge in [0, 0.05) is 38.3 Å². The van der Waals surface area contributed by atoms with Crippen LogP contribution < -0.4 is 10.2 Å². The Kier molecular flexibility index (Phi) is 4.92. The number of hydrogen-bond acceptors (Lipinski definition) is 4. The number of nitrogens with zero attached hydrogens (tertiary/aromatic N) is 2. The van der Waals surface area contributed by atoms with Gasteiger partial charge in [0.25, 0.3) is 0 Å². The smallest absolute Gasteiger partial charge is 0.407 e. The number of piperidine rings is 2. The molecule has 2 aliphatic rings. The number of amides is 3. The molecule has 2 aliphatic heterocycles. The van der Waals surface area contributed by atoms with Gasteiger partial charge in [-0.1, -0.05) is 12.1 Å². The zero-order chi connectivity index (χ0) is 18.0. The minimum absolute atomic E-state index is 0.0662. The Labute approximate surface area is 146 Å². The number of carboxylic acid groups (broad SMARTS) is 1. The largest absolute Gasteiger partial charge is 0.465 e. The topological polar surface area (TPSA) is 90.0 Å². The standard InChI is InChI=1S/C18H23N3O4/c1-20(18(24)25)13-8-10-21(11-9-13)14-4-2-12(3-5-14)15-6-7-16(22)19-17(15)23/h2-5,13,15H,6-11H2,1H3,(H,24,25)(H,19,22,23). The van der Waals surface area contributed by atoms with Crippen LogP contribution in [0, 0.1) is 0 Å². The molecule has 0 spiro atoms. The van der Waals surface area contributed by atoms with Gasteiger partial charge >= 0.3 is 6.09 Å². The Morgan fingerprint density at radius 3 is 2.36 bits per heavy atom. The van der Waals surface area contributed by atoms with Gasteiger partial charge in [-0.3, -0.25) is 14.9 Å². The summed E-state index contributed by atoms with van der Waals surface area (Å²) >= 11 is 0. The summed E-state index contributed by atoms with van der Waals surface area (Å²) in [7, 11) is 1.62. The molecule has 0 aliphatic carbocycles. The molecule has 0 bridgehead atoms. The Morgan fingerprint density at radius 2 is 1.80 bits per heavy atom. The molecule has 7 nitrogen and oxygen atoms in total. The molecule has 0 saturated carbocycles. The van der Waals surface area contributed by atoms with Gasteiger partial charge in [0.05, 0.1) is 5.92 Å². The molecule has 2 saturated heterocycles. The molecule has 25 heavy (non-hydrogen) atoms. The Morgan fingerprint density at radius 1 is 1.16 bits per heavy atom. The van der Waals surface area contributed by atoms with E-state index < -0.39 is 6.09 Å². The van der Waals surface area contributed by atoms with E-state index in [4.69, 9.17) is 5.11 Å². The van der Waals surface area contributed by atoms with Crippen LogP contribution in [0.2, 0.25) is 0 Å². The van der Waals surface area contributed by atoms with Crippen LogP contribution in [0.25, 0.3) is 0 Å². The van der Waals surface area contributed by atoms with Crippen molar-refractivity contribution in [2.24, 2.45) is 0 Å². The molecule has 2 fully saturated rings. The Hall–Kier alpha value is -2.57. The second-order valence-electron chi connectivity index (χ2n) is 6.71. The van der Waals surface area contributed by atoms with Gasteiger partial charge in [-0.25, -0.2) is 4.79 Å². The number of hydrogen-bond donors (Lipinski definition) is 2. The number of benzene rings is 1. The number of imide groups is 1. The summed E-state index contributed by atoms with van der Waals surface area (Å²) in [4.78, 5) is 37.9. The molecule has 2 N–H and O–H groups in total. The summed E-state index contributed by atoms with van der Waals surface area (Å²) in [6.45, 7) is 1.61. The van der Waals surface area contributed by atoms with Crippen molar-refractivity contribution in [1.82, 2.24) is 10.2 Å². The van der Waals surface area contributed by atoms with E-state index in [-0.39, 0.29) is 23.8 Å². The van der Waals surface area contributed by atoms with Gasteiger partial charge in [0.2, 0.25) is 11.8 Å². The average Bonchev–Trinajstić information content (AvgIpc) is 2.61. The molecule has 1 unspecified atom stereocenters. The van der Waals surface area contributed by atoms with Gasteiger partial charge in [-0.15, -0.1) is 0 Å². The monoisotopic (exact) mass is 345 g/mol. The maximum absolute atomic E-state index is 12.0. The highest BCUT2D eigenvalue weighted by molar-refractivity contribution is 6.00. The molecule has 2 heterocycles. The first-order chi connectivity index (χ1) is 12.0. The lowest BCUT2D eigenvalue weighted by Crippen LogP contribution is -2.45. The van der Waals surface area contributed by atoms with Crippen LogP contribution in [0.5, 0.6) is 0 Å². The first-order valence-electron chi connectivity index (χ1n) is 8.60. The molecule has 7 heteroatoms. The molecular weight excluding hydrogens is 322 g/mol. The highest BCUT2D eigenvalue weighted by Crippen LogP contribution is 2.28. The van der Waals surface area contributed by atoms with Gasteiger partial charge in [0.15, 0.2) is 0 Å². The van der Waals surface area contributed by atoms with Crippen molar-refractivity contribution in [3.8, 4) is 0 Å². The fraction of sp³-hybridized carbons (Fsp3) is 0.500. The molecule has 0 radical (unpaired) electrons. The molecule has 1 aromatic carbocycles. The zero-order valence-corrected chi connectivity index (χ0v) is 14.3. The lowest BCUT2D eigenvalue weighted by atomic mass is 9.90. The van der Waals surface area contributed by atoms with E-state index in [1.54, 1.807) is 7.05 Å². The summed E-state index contributed by atoms with van der Waals surface area (Å²) in [5, 5.41) is 11.5. The lowest BCUT2D eigenvalue weighted by Gasteiger charge is -2.36. The first-order valence-corrected chi connectivity index (χ1v) is 8.60. The minimum Gasteiger partial charge on any atom is -0.465 e. The van der Waals surface area contributed by atoms with Crippen molar-refractivity contribution in [1.29, 1.82) is 0 Å². The van der Waals surface area contributed by atoms with Crippen molar-refractivity contribution in [2.75, 3.05) is 25.0 Å². The molecule has 3 amide bonds. The van der Waals surface area contributed by atoms with Crippen LogP contribution in [-0.2, 0) is 9.59 Å². The summed E-state index contributed by atoms with van der Waals surface area (Å²) in [6, 6.07) is 7.97. The van der Waals surface area contributed by atoms with E-state index in [2.05, 4.69) is 10.2 Å². The molecule has 0 aromatic heterocycles. The van der Waals surface area contributed by atoms with E-state index >= 15 is 0 Å². The second-order valence-corrected chi connectivity index (χ2v) is 6.71. The third-order valence-electron chi connectivity index (χ3n) is 5.21. The van der Waals surface area contributed by atoms with E-state index in [9.17, 15) is 14.4 Å². The van der Waals surface area contributed by atoms with Crippen molar-refractivity contribution < 1.29 is 19.5 Å². The third kappa shape index (κ3) is 3.75.